The van der Waals surface area contributed by atoms with Gasteiger partial charge in [-0.2, -0.15) is 0 Å². The maximum Gasteiger partial charge on any atom is 0.152 e. The Morgan fingerprint density at radius 1 is 1.50 bits per heavy atom. The van der Waals surface area contributed by atoms with Gasteiger partial charge in [-0.1, -0.05) is 0 Å². The molecule has 0 radical (unpaired) electrons. The number of aliphatic hydroxyl groups excluding tert-OH is 1. The molecule has 1 aliphatic rings. The maximum absolute atomic E-state index is 10.8. The van der Waals surface area contributed by atoms with E-state index in [0.717, 1.165) is 0 Å². The number of hydrogen-bond acceptors (Lipinski definition) is 4. The molecule has 1 aliphatic heterocycles. The molecule has 1 heterocycles. The number of rotatable bonds is 0. The van der Waals surface area contributed by atoms with Crippen molar-refractivity contribution < 1.29 is 13.5 Å². The van der Waals surface area contributed by atoms with Crippen molar-refractivity contribution in [2.45, 2.75) is 18.6 Å². The van der Waals surface area contributed by atoms with Crippen molar-refractivity contribution in [1.82, 2.24) is 0 Å². The van der Waals surface area contributed by atoms with E-state index in [0.29, 0.717) is 6.42 Å². The average molecular weight is 165 g/mol. The molecule has 0 aromatic carbocycles. The summed E-state index contributed by atoms with van der Waals surface area (Å²) in [5.41, 5.74) is 5.38. The molecule has 0 bridgehead atoms. The minimum Gasteiger partial charge on any atom is -0.390 e. The zero-order valence-electron chi connectivity index (χ0n) is 5.53. The van der Waals surface area contributed by atoms with Gasteiger partial charge in [0.2, 0.25) is 0 Å². The average Bonchev–Trinajstić information content (AvgIpc) is 1.79. The van der Waals surface area contributed by atoms with Crippen LogP contribution >= 0.6 is 0 Å². The second-order valence-corrected chi connectivity index (χ2v) is 4.86. The summed E-state index contributed by atoms with van der Waals surface area (Å²) in [5, 5.41) is 9.01. The van der Waals surface area contributed by atoms with E-state index in [1.165, 1.54) is 0 Å². The van der Waals surface area contributed by atoms with Crippen LogP contribution in [0.25, 0.3) is 0 Å². The van der Waals surface area contributed by atoms with Gasteiger partial charge in [0, 0.05) is 6.04 Å². The van der Waals surface area contributed by atoms with Crippen molar-refractivity contribution in [3.8, 4) is 0 Å². The molecule has 5 heteroatoms. The van der Waals surface area contributed by atoms with Crippen LogP contribution in [0.15, 0.2) is 0 Å². The van der Waals surface area contributed by atoms with Gasteiger partial charge in [0.25, 0.3) is 0 Å². The highest BCUT2D eigenvalue weighted by atomic mass is 32.2. The second-order valence-electron chi connectivity index (χ2n) is 2.63. The van der Waals surface area contributed by atoms with Gasteiger partial charge in [-0.25, -0.2) is 8.42 Å². The van der Waals surface area contributed by atoms with Crippen molar-refractivity contribution in [3.63, 3.8) is 0 Å². The molecule has 0 aromatic rings. The second kappa shape index (κ2) is 2.48. The zero-order valence-corrected chi connectivity index (χ0v) is 6.34. The summed E-state index contributed by atoms with van der Waals surface area (Å²) in [4.78, 5) is 0. The lowest BCUT2D eigenvalue weighted by Crippen LogP contribution is -2.45. The van der Waals surface area contributed by atoms with E-state index < -0.39 is 15.9 Å². The predicted octanol–water partition coefficient (Wildman–Crippen LogP) is -1.51. The highest BCUT2D eigenvalue weighted by Gasteiger charge is 2.28. The Bertz CT molecular complexity index is 211. The molecule has 4 nitrogen and oxygen atoms in total. The zero-order chi connectivity index (χ0) is 7.78. The Morgan fingerprint density at radius 2 is 2.10 bits per heavy atom. The van der Waals surface area contributed by atoms with Crippen LogP contribution in [0, 0.1) is 0 Å². The third-order valence-corrected chi connectivity index (χ3v) is 3.39. The molecule has 0 saturated carbocycles. The van der Waals surface area contributed by atoms with E-state index >= 15 is 0 Å². The minimum atomic E-state index is -2.99. The Balaban J connectivity index is 2.66. The number of aliphatic hydroxyl groups is 1. The first-order chi connectivity index (χ1) is 4.51. The normalized spacial score (nSPS) is 39.4. The van der Waals surface area contributed by atoms with Gasteiger partial charge < -0.3 is 10.8 Å². The Hall–Kier alpha value is -0.130. The third-order valence-electron chi connectivity index (χ3n) is 1.68. The quantitative estimate of drug-likeness (QED) is 0.457. The van der Waals surface area contributed by atoms with Crippen LogP contribution in [-0.4, -0.2) is 37.2 Å². The summed E-state index contributed by atoms with van der Waals surface area (Å²) < 4.78 is 21.6. The molecule has 1 saturated heterocycles. The third kappa shape index (κ3) is 1.68. The van der Waals surface area contributed by atoms with Crippen molar-refractivity contribution in [2.75, 3.05) is 11.5 Å². The lowest BCUT2D eigenvalue weighted by Gasteiger charge is -2.23. The monoisotopic (exact) mass is 165 g/mol. The van der Waals surface area contributed by atoms with Crippen molar-refractivity contribution in [2.24, 2.45) is 5.73 Å². The summed E-state index contributed by atoms with van der Waals surface area (Å²) in [5.74, 6) is -0.0562. The molecule has 1 rings (SSSR count). The van der Waals surface area contributed by atoms with Crippen LogP contribution in [-0.2, 0) is 9.84 Å². The smallest absolute Gasteiger partial charge is 0.152 e. The topological polar surface area (TPSA) is 80.4 Å². The highest BCUT2D eigenvalue weighted by Crippen LogP contribution is 2.10. The van der Waals surface area contributed by atoms with Gasteiger partial charge in [-0.05, 0) is 6.42 Å². The molecule has 0 aromatic heterocycles. The minimum absolute atomic E-state index is 0.116. The number of hydrogen-bond donors (Lipinski definition) is 2. The number of sulfone groups is 1. The molecule has 0 amide bonds. The molecule has 10 heavy (non-hydrogen) atoms. The largest absolute Gasteiger partial charge is 0.390 e. The molecule has 3 N–H and O–H groups in total. The van der Waals surface area contributed by atoms with Gasteiger partial charge in [0.05, 0.1) is 17.6 Å². The van der Waals surface area contributed by atoms with Gasteiger partial charge in [0.1, 0.15) is 0 Å². The summed E-state index contributed by atoms with van der Waals surface area (Å²) in [6.45, 7) is 0. The predicted molar refractivity (Wildman–Crippen MR) is 37.3 cm³/mol. The fraction of sp³-hybridized carbons (Fsp3) is 1.00. The Morgan fingerprint density at radius 3 is 2.50 bits per heavy atom. The first kappa shape index (κ1) is 7.97. The van der Waals surface area contributed by atoms with E-state index in [1.807, 2.05) is 0 Å². The molecular formula is C5H11NO3S. The van der Waals surface area contributed by atoms with Gasteiger partial charge in [-0.15, -0.1) is 0 Å². The van der Waals surface area contributed by atoms with Crippen LogP contribution in [0.2, 0.25) is 0 Å². The lowest BCUT2D eigenvalue weighted by molar-refractivity contribution is 0.159. The summed E-state index contributed by atoms with van der Waals surface area (Å²) >= 11 is 0. The van der Waals surface area contributed by atoms with Crippen molar-refractivity contribution in [1.29, 1.82) is 0 Å². The fourth-order valence-corrected chi connectivity index (χ4v) is 2.54. The van der Waals surface area contributed by atoms with Crippen molar-refractivity contribution >= 4 is 9.84 Å². The van der Waals surface area contributed by atoms with Gasteiger partial charge >= 0.3 is 0 Å². The first-order valence-electron chi connectivity index (χ1n) is 3.15. The van der Waals surface area contributed by atoms with E-state index in [-0.39, 0.29) is 17.5 Å². The van der Waals surface area contributed by atoms with E-state index in [9.17, 15) is 8.42 Å². The Kier molecular flexibility index (Phi) is 1.98. The molecule has 0 aliphatic carbocycles. The van der Waals surface area contributed by atoms with E-state index in [2.05, 4.69) is 0 Å². The molecule has 1 fully saturated rings. The van der Waals surface area contributed by atoms with Crippen LogP contribution in [0.3, 0.4) is 0 Å². The summed E-state index contributed by atoms with van der Waals surface area (Å²) in [7, 11) is -2.99. The summed E-state index contributed by atoms with van der Waals surface area (Å²) in [6.07, 6.45) is -0.484. The SMILES string of the molecule is N[C@@H]1CCS(=O)(=O)C[C@@H]1O. The van der Waals surface area contributed by atoms with Crippen LogP contribution < -0.4 is 5.73 Å². The number of nitrogens with two attached hydrogens (primary N) is 1. The highest BCUT2D eigenvalue weighted by molar-refractivity contribution is 7.91. The maximum atomic E-state index is 10.8. The molecule has 0 spiro atoms. The van der Waals surface area contributed by atoms with Crippen LogP contribution in [0.4, 0.5) is 0 Å². The fourth-order valence-electron chi connectivity index (χ4n) is 0.975. The van der Waals surface area contributed by atoms with Gasteiger partial charge in [0.15, 0.2) is 9.84 Å². The van der Waals surface area contributed by atoms with Crippen molar-refractivity contribution in [3.05, 3.63) is 0 Å². The van der Waals surface area contributed by atoms with Crippen LogP contribution in [0.1, 0.15) is 6.42 Å². The van der Waals surface area contributed by atoms with E-state index in [4.69, 9.17) is 10.8 Å². The standard InChI is InChI=1S/C5H11NO3S/c6-4-1-2-10(8,9)3-5(4)7/h4-5,7H,1-3,6H2/t4-,5+/m1/s1. The van der Waals surface area contributed by atoms with E-state index in [1.54, 1.807) is 0 Å². The Labute approximate surface area is 60.0 Å². The first-order valence-corrected chi connectivity index (χ1v) is 4.97. The molecule has 0 unspecified atom stereocenters. The van der Waals surface area contributed by atoms with Gasteiger partial charge in [-0.3, -0.25) is 0 Å². The summed E-state index contributed by atoms with van der Waals surface area (Å²) in [6, 6.07) is -0.358. The molecule has 60 valence electrons. The lowest BCUT2D eigenvalue weighted by atomic mass is 10.1. The van der Waals surface area contributed by atoms with Crippen LogP contribution in [0.5, 0.6) is 0 Å². The molecule has 2 atom stereocenters. The molecular weight excluding hydrogens is 154 g/mol.